The Morgan fingerprint density at radius 2 is 1.76 bits per heavy atom. The van der Waals surface area contributed by atoms with Gasteiger partial charge in [-0.3, -0.25) is 14.2 Å². The van der Waals surface area contributed by atoms with E-state index in [-0.39, 0.29) is 6.04 Å². The van der Waals surface area contributed by atoms with E-state index >= 15 is 0 Å². The van der Waals surface area contributed by atoms with Crippen LogP contribution in [0.25, 0.3) is 11.0 Å². The quantitative estimate of drug-likeness (QED) is 0.781. The van der Waals surface area contributed by atoms with Crippen molar-refractivity contribution in [1.82, 2.24) is 14.9 Å². The van der Waals surface area contributed by atoms with E-state index in [0.29, 0.717) is 12.1 Å². The van der Waals surface area contributed by atoms with Gasteiger partial charge in [0.25, 0.3) is 0 Å². The summed E-state index contributed by atoms with van der Waals surface area (Å²) in [7, 11) is 0. The summed E-state index contributed by atoms with van der Waals surface area (Å²) in [6.45, 7) is 0. The lowest BCUT2D eigenvalue weighted by Gasteiger charge is -2.41. The van der Waals surface area contributed by atoms with Gasteiger partial charge in [0.2, 0.25) is 0 Å². The summed E-state index contributed by atoms with van der Waals surface area (Å²) >= 11 is 0. The molecule has 2 N–H and O–H groups in total. The van der Waals surface area contributed by atoms with Crippen LogP contribution in [0.1, 0.15) is 38.1 Å². The molecule has 4 rings (SSSR count). The average molecular weight is 285 g/mol. The van der Waals surface area contributed by atoms with Gasteiger partial charge in [-0.25, -0.2) is 0 Å². The molecule has 0 spiro atoms. The lowest BCUT2D eigenvalue weighted by atomic mass is 9.84. The number of H-pyrrole nitrogens is 1. The highest BCUT2D eigenvalue weighted by molar-refractivity contribution is 5.74. The molecule has 2 fully saturated rings. The summed E-state index contributed by atoms with van der Waals surface area (Å²) in [5.41, 5.74) is 0.647. The third kappa shape index (κ3) is 2.12. The number of aromatic amines is 1. The van der Waals surface area contributed by atoms with Crippen LogP contribution in [0, 0.1) is 0 Å². The van der Waals surface area contributed by atoms with Crippen molar-refractivity contribution in [2.24, 2.45) is 0 Å². The maximum Gasteiger partial charge on any atom is 0.316 e. The number of hydrogen-bond donors (Lipinski definition) is 2. The van der Waals surface area contributed by atoms with Crippen molar-refractivity contribution in [3.8, 4) is 0 Å². The fourth-order valence-electron chi connectivity index (χ4n) is 3.99. The Balaban J connectivity index is 1.88. The van der Waals surface area contributed by atoms with Crippen LogP contribution >= 0.6 is 0 Å². The second-order valence-corrected chi connectivity index (χ2v) is 6.26. The van der Waals surface area contributed by atoms with Gasteiger partial charge in [0.15, 0.2) is 0 Å². The van der Waals surface area contributed by atoms with Crippen molar-refractivity contribution in [1.29, 1.82) is 0 Å². The van der Waals surface area contributed by atoms with E-state index in [4.69, 9.17) is 0 Å². The molecule has 5 heteroatoms. The van der Waals surface area contributed by atoms with Gasteiger partial charge in [0.1, 0.15) is 0 Å². The highest BCUT2D eigenvalue weighted by Gasteiger charge is 2.33. The molecule has 21 heavy (non-hydrogen) atoms. The van der Waals surface area contributed by atoms with Gasteiger partial charge < -0.3 is 10.3 Å². The Morgan fingerprint density at radius 3 is 2.52 bits per heavy atom. The number of rotatable bonds is 1. The number of nitrogens with zero attached hydrogens (tertiary/aromatic N) is 1. The lowest BCUT2D eigenvalue weighted by Crippen LogP contribution is -2.51. The van der Waals surface area contributed by atoms with Crippen molar-refractivity contribution in [3.63, 3.8) is 0 Å². The van der Waals surface area contributed by atoms with E-state index in [1.807, 2.05) is 24.3 Å². The first-order chi connectivity index (χ1) is 10.2. The monoisotopic (exact) mass is 285 g/mol. The molecule has 3 heterocycles. The molecule has 0 saturated carbocycles. The van der Waals surface area contributed by atoms with Gasteiger partial charge in [-0.15, -0.1) is 0 Å². The molecule has 0 amide bonds. The molecule has 2 unspecified atom stereocenters. The average Bonchev–Trinajstić information content (AvgIpc) is 2.48. The van der Waals surface area contributed by atoms with Crippen LogP contribution in [-0.4, -0.2) is 21.6 Å². The Bertz CT molecular complexity index is 780. The molecule has 110 valence electrons. The standard InChI is InChI=1S/C16H19N3O2/c20-15-16(21)19(14-7-2-1-6-13(14)18-15)12-8-10-4-3-5-11(9-12)17-10/h1-2,6-7,10-12,17H,3-5,8-9H2,(H,18,20). The molecular formula is C16H19N3O2. The topological polar surface area (TPSA) is 66.9 Å². The molecule has 2 saturated heterocycles. The first-order valence-electron chi connectivity index (χ1n) is 7.72. The maximum absolute atomic E-state index is 12.4. The molecule has 1 aromatic carbocycles. The summed E-state index contributed by atoms with van der Waals surface area (Å²) in [5, 5.41) is 3.63. The molecule has 2 aliphatic rings. The highest BCUT2D eigenvalue weighted by Crippen LogP contribution is 2.33. The number of para-hydroxylation sites is 2. The van der Waals surface area contributed by atoms with E-state index in [0.717, 1.165) is 23.9 Å². The Morgan fingerprint density at radius 1 is 1.05 bits per heavy atom. The summed E-state index contributed by atoms with van der Waals surface area (Å²) < 4.78 is 1.74. The van der Waals surface area contributed by atoms with Gasteiger partial charge in [0, 0.05) is 18.1 Å². The summed E-state index contributed by atoms with van der Waals surface area (Å²) in [5.74, 6) is 0. The smallest absolute Gasteiger partial charge is 0.316 e. The van der Waals surface area contributed by atoms with Crippen LogP contribution in [0.2, 0.25) is 0 Å². The molecule has 2 aliphatic heterocycles. The number of benzene rings is 1. The van der Waals surface area contributed by atoms with Gasteiger partial charge in [-0.05, 0) is 37.8 Å². The molecule has 0 aliphatic carbocycles. The largest absolute Gasteiger partial charge is 0.316 e. The molecular weight excluding hydrogens is 266 g/mol. The zero-order valence-corrected chi connectivity index (χ0v) is 11.8. The fourth-order valence-corrected chi connectivity index (χ4v) is 3.99. The van der Waals surface area contributed by atoms with Crippen LogP contribution in [-0.2, 0) is 0 Å². The second-order valence-electron chi connectivity index (χ2n) is 6.26. The maximum atomic E-state index is 12.4. The molecule has 1 aromatic heterocycles. The van der Waals surface area contributed by atoms with Gasteiger partial charge in [0.05, 0.1) is 11.0 Å². The lowest BCUT2D eigenvalue weighted by molar-refractivity contribution is 0.188. The van der Waals surface area contributed by atoms with Crippen LogP contribution in [0.4, 0.5) is 0 Å². The minimum Gasteiger partial charge on any atom is -0.316 e. The SMILES string of the molecule is O=c1[nH]c2ccccc2n(C2CC3CCCC(C2)N3)c1=O. The molecule has 5 nitrogen and oxygen atoms in total. The summed E-state index contributed by atoms with van der Waals surface area (Å²) in [6, 6.07) is 8.66. The van der Waals surface area contributed by atoms with Crippen LogP contribution in [0.3, 0.4) is 0 Å². The van der Waals surface area contributed by atoms with Crippen LogP contribution < -0.4 is 16.4 Å². The third-order valence-electron chi connectivity index (χ3n) is 4.88. The third-order valence-corrected chi connectivity index (χ3v) is 4.88. The van der Waals surface area contributed by atoms with E-state index in [1.165, 1.54) is 19.3 Å². The number of nitrogens with one attached hydrogen (secondary N) is 2. The van der Waals surface area contributed by atoms with Crippen LogP contribution in [0.5, 0.6) is 0 Å². The van der Waals surface area contributed by atoms with Gasteiger partial charge in [-0.1, -0.05) is 18.6 Å². The first-order valence-corrected chi connectivity index (χ1v) is 7.72. The van der Waals surface area contributed by atoms with Crippen molar-refractivity contribution in [2.45, 2.75) is 50.2 Å². The van der Waals surface area contributed by atoms with E-state index in [1.54, 1.807) is 4.57 Å². The molecule has 2 atom stereocenters. The fraction of sp³-hybridized carbons (Fsp3) is 0.500. The van der Waals surface area contributed by atoms with Crippen molar-refractivity contribution in [3.05, 3.63) is 45.0 Å². The normalized spacial score (nSPS) is 28.7. The predicted octanol–water partition coefficient (Wildman–Crippen LogP) is 1.54. The van der Waals surface area contributed by atoms with Crippen molar-refractivity contribution < 1.29 is 0 Å². The highest BCUT2D eigenvalue weighted by atomic mass is 16.2. The Kier molecular flexibility index (Phi) is 2.96. The number of aromatic nitrogens is 2. The summed E-state index contributed by atoms with van der Waals surface area (Å²) in [4.78, 5) is 27.0. The first kappa shape index (κ1) is 12.8. The van der Waals surface area contributed by atoms with Crippen molar-refractivity contribution >= 4 is 11.0 Å². The zero-order valence-electron chi connectivity index (χ0n) is 11.8. The van der Waals surface area contributed by atoms with E-state index in [9.17, 15) is 9.59 Å². The van der Waals surface area contributed by atoms with Gasteiger partial charge in [-0.2, -0.15) is 0 Å². The zero-order chi connectivity index (χ0) is 14.4. The van der Waals surface area contributed by atoms with E-state index < -0.39 is 11.1 Å². The molecule has 0 radical (unpaired) electrons. The van der Waals surface area contributed by atoms with Crippen LogP contribution in [0.15, 0.2) is 33.9 Å². The van der Waals surface area contributed by atoms with Gasteiger partial charge >= 0.3 is 11.1 Å². The predicted molar refractivity (Wildman–Crippen MR) is 81.7 cm³/mol. The van der Waals surface area contributed by atoms with E-state index in [2.05, 4.69) is 10.3 Å². The van der Waals surface area contributed by atoms with Crippen molar-refractivity contribution in [2.75, 3.05) is 0 Å². The number of hydrogen-bond acceptors (Lipinski definition) is 3. The Labute approximate surface area is 122 Å². The molecule has 2 bridgehead atoms. The number of fused-ring (bicyclic) bond motifs is 3. The number of piperidine rings is 2. The second kappa shape index (κ2) is 4.84. The minimum atomic E-state index is -0.516. The minimum absolute atomic E-state index is 0.126. The summed E-state index contributed by atoms with van der Waals surface area (Å²) in [6.07, 6.45) is 5.47. The Hall–Kier alpha value is -1.88. The molecule has 2 aromatic rings.